The van der Waals surface area contributed by atoms with Crippen LogP contribution >= 0.6 is 0 Å². The fourth-order valence-corrected chi connectivity index (χ4v) is 1.95. The zero-order chi connectivity index (χ0) is 15.9. The molecule has 0 bridgehead atoms. The number of para-hydroxylation sites is 1. The van der Waals surface area contributed by atoms with Gasteiger partial charge in [-0.1, -0.05) is 60.7 Å². The Kier molecular flexibility index (Phi) is 5.04. The van der Waals surface area contributed by atoms with Gasteiger partial charge in [0.25, 0.3) is 11.8 Å². The first kappa shape index (κ1) is 15.4. The Morgan fingerprint density at radius 1 is 0.818 bits per heavy atom. The van der Waals surface area contributed by atoms with E-state index in [1.165, 1.54) is 17.7 Å². The molecule has 1 aliphatic rings. The molecular formula is C19H17NO2. The SMILES string of the molecule is C=C(C)c1ccccc1.O=C1C=CC(=O)N1c1ccccc1. The second-order valence-corrected chi connectivity index (χ2v) is 4.83. The van der Waals surface area contributed by atoms with Gasteiger partial charge in [0, 0.05) is 12.2 Å². The van der Waals surface area contributed by atoms with Gasteiger partial charge in [0.2, 0.25) is 0 Å². The maximum absolute atomic E-state index is 11.2. The first-order valence-corrected chi connectivity index (χ1v) is 6.91. The summed E-state index contributed by atoms with van der Waals surface area (Å²) in [5, 5.41) is 0. The van der Waals surface area contributed by atoms with Gasteiger partial charge >= 0.3 is 0 Å². The number of carbonyl (C=O) groups excluding carboxylic acids is 2. The third kappa shape index (κ3) is 3.79. The van der Waals surface area contributed by atoms with Crippen molar-refractivity contribution >= 4 is 23.1 Å². The maximum Gasteiger partial charge on any atom is 0.258 e. The van der Waals surface area contributed by atoms with Crippen LogP contribution in [0.25, 0.3) is 5.57 Å². The summed E-state index contributed by atoms with van der Waals surface area (Å²) >= 11 is 0. The molecule has 3 heteroatoms. The van der Waals surface area contributed by atoms with E-state index in [2.05, 4.69) is 18.7 Å². The van der Waals surface area contributed by atoms with Crippen molar-refractivity contribution in [2.45, 2.75) is 6.92 Å². The van der Waals surface area contributed by atoms with Crippen molar-refractivity contribution in [1.29, 1.82) is 0 Å². The van der Waals surface area contributed by atoms with E-state index in [1.54, 1.807) is 24.3 Å². The molecule has 0 radical (unpaired) electrons. The van der Waals surface area contributed by atoms with Crippen molar-refractivity contribution in [3.8, 4) is 0 Å². The van der Waals surface area contributed by atoms with Gasteiger partial charge in [-0.05, 0) is 24.6 Å². The lowest BCUT2D eigenvalue weighted by molar-refractivity contribution is -0.119. The molecule has 0 saturated heterocycles. The second-order valence-electron chi connectivity index (χ2n) is 4.83. The average molecular weight is 291 g/mol. The molecule has 0 fully saturated rings. The van der Waals surface area contributed by atoms with E-state index < -0.39 is 0 Å². The molecule has 0 saturated carbocycles. The zero-order valence-electron chi connectivity index (χ0n) is 12.4. The van der Waals surface area contributed by atoms with Gasteiger partial charge in [0.15, 0.2) is 0 Å². The van der Waals surface area contributed by atoms with Gasteiger partial charge in [0.1, 0.15) is 0 Å². The number of amides is 2. The fraction of sp³-hybridized carbons (Fsp3) is 0.0526. The molecule has 110 valence electrons. The molecule has 0 atom stereocenters. The summed E-state index contributed by atoms with van der Waals surface area (Å²) in [5.74, 6) is -0.563. The first-order valence-electron chi connectivity index (χ1n) is 6.91. The highest BCUT2D eigenvalue weighted by molar-refractivity contribution is 6.28. The van der Waals surface area contributed by atoms with Gasteiger partial charge < -0.3 is 0 Å². The Balaban J connectivity index is 0.000000172. The van der Waals surface area contributed by atoms with E-state index in [0.29, 0.717) is 5.69 Å². The van der Waals surface area contributed by atoms with Gasteiger partial charge in [0.05, 0.1) is 5.69 Å². The predicted octanol–water partition coefficient (Wildman–Crippen LogP) is 3.84. The van der Waals surface area contributed by atoms with Crippen LogP contribution in [0.3, 0.4) is 0 Å². The Bertz CT molecular complexity index is 685. The Morgan fingerprint density at radius 2 is 1.27 bits per heavy atom. The van der Waals surface area contributed by atoms with Gasteiger partial charge in [-0.3, -0.25) is 9.59 Å². The van der Waals surface area contributed by atoms with Crippen LogP contribution in [0.15, 0.2) is 79.4 Å². The smallest absolute Gasteiger partial charge is 0.258 e. The monoisotopic (exact) mass is 291 g/mol. The molecule has 1 aliphatic heterocycles. The molecule has 1 heterocycles. The van der Waals surface area contributed by atoms with Crippen molar-refractivity contribution < 1.29 is 9.59 Å². The van der Waals surface area contributed by atoms with Gasteiger partial charge in [-0.2, -0.15) is 0 Å². The van der Waals surface area contributed by atoms with Crippen molar-refractivity contribution in [2.24, 2.45) is 0 Å². The highest BCUT2D eigenvalue weighted by Crippen LogP contribution is 2.17. The number of imide groups is 1. The van der Waals surface area contributed by atoms with E-state index in [9.17, 15) is 9.59 Å². The molecule has 2 aromatic rings. The highest BCUT2D eigenvalue weighted by Gasteiger charge is 2.24. The number of rotatable bonds is 2. The van der Waals surface area contributed by atoms with Crippen LogP contribution in [0.2, 0.25) is 0 Å². The van der Waals surface area contributed by atoms with E-state index in [0.717, 1.165) is 10.5 Å². The first-order chi connectivity index (χ1) is 10.6. The molecule has 22 heavy (non-hydrogen) atoms. The summed E-state index contributed by atoms with van der Waals surface area (Å²) in [4.78, 5) is 23.5. The molecule has 0 unspecified atom stereocenters. The molecule has 2 amide bonds. The lowest BCUT2D eigenvalue weighted by atomic mass is 10.1. The third-order valence-corrected chi connectivity index (χ3v) is 3.09. The molecule has 0 aromatic heterocycles. The minimum absolute atomic E-state index is 0.281. The predicted molar refractivity (Wildman–Crippen MR) is 89.2 cm³/mol. The van der Waals surface area contributed by atoms with E-state index in [-0.39, 0.29) is 11.8 Å². The number of benzene rings is 2. The van der Waals surface area contributed by atoms with Crippen LogP contribution in [0, 0.1) is 0 Å². The minimum Gasteiger partial charge on any atom is -0.269 e. The van der Waals surface area contributed by atoms with Crippen LogP contribution in [0.4, 0.5) is 5.69 Å². The van der Waals surface area contributed by atoms with Gasteiger partial charge in [-0.25, -0.2) is 4.90 Å². The quantitative estimate of drug-likeness (QED) is 0.788. The standard InChI is InChI=1S/C10H7NO2.C9H10/c12-9-6-7-10(13)11(9)8-4-2-1-3-5-8;1-8(2)9-6-4-3-5-7-9/h1-7H;3-7H,1H2,2H3. The normalized spacial score (nSPS) is 12.9. The van der Waals surface area contributed by atoms with Crippen molar-refractivity contribution in [3.63, 3.8) is 0 Å². The number of hydrogen-bond donors (Lipinski definition) is 0. The van der Waals surface area contributed by atoms with E-state index in [1.807, 2.05) is 31.2 Å². The summed E-state index contributed by atoms with van der Waals surface area (Å²) in [6.45, 7) is 5.83. The highest BCUT2D eigenvalue weighted by atomic mass is 16.2. The van der Waals surface area contributed by atoms with Crippen molar-refractivity contribution in [3.05, 3.63) is 85.0 Å². The molecule has 2 aromatic carbocycles. The van der Waals surface area contributed by atoms with Gasteiger partial charge in [-0.15, -0.1) is 0 Å². The van der Waals surface area contributed by atoms with Crippen LogP contribution in [0.5, 0.6) is 0 Å². The Hall–Kier alpha value is -2.94. The Morgan fingerprint density at radius 3 is 1.68 bits per heavy atom. The number of carbonyl (C=O) groups is 2. The topological polar surface area (TPSA) is 37.4 Å². The summed E-state index contributed by atoms with van der Waals surface area (Å²) in [5.41, 5.74) is 2.95. The van der Waals surface area contributed by atoms with Crippen molar-refractivity contribution in [1.82, 2.24) is 0 Å². The number of nitrogens with zero attached hydrogens (tertiary/aromatic N) is 1. The largest absolute Gasteiger partial charge is 0.269 e. The van der Waals surface area contributed by atoms with Crippen LogP contribution < -0.4 is 4.90 Å². The van der Waals surface area contributed by atoms with Crippen LogP contribution in [-0.4, -0.2) is 11.8 Å². The summed E-state index contributed by atoms with van der Waals surface area (Å²) in [6.07, 6.45) is 2.55. The van der Waals surface area contributed by atoms with E-state index in [4.69, 9.17) is 0 Å². The average Bonchev–Trinajstić information content (AvgIpc) is 2.88. The molecule has 0 N–H and O–H groups in total. The lowest BCUT2D eigenvalue weighted by Gasteiger charge is -2.12. The molecule has 0 aliphatic carbocycles. The minimum atomic E-state index is -0.281. The number of hydrogen-bond acceptors (Lipinski definition) is 2. The maximum atomic E-state index is 11.2. The van der Waals surface area contributed by atoms with Crippen LogP contribution in [0.1, 0.15) is 12.5 Å². The van der Waals surface area contributed by atoms with Crippen LogP contribution in [-0.2, 0) is 9.59 Å². The number of allylic oxidation sites excluding steroid dienone is 1. The van der Waals surface area contributed by atoms with Crippen molar-refractivity contribution in [2.75, 3.05) is 4.90 Å². The molecule has 0 spiro atoms. The summed E-state index contributed by atoms with van der Waals surface area (Å²) < 4.78 is 0. The number of anilines is 1. The molecule has 3 nitrogen and oxygen atoms in total. The molecular weight excluding hydrogens is 274 g/mol. The molecule has 3 rings (SSSR count). The Labute approximate surface area is 130 Å². The summed E-state index contributed by atoms with van der Waals surface area (Å²) in [7, 11) is 0. The van der Waals surface area contributed by atoms with E-state index >= 15 is 0 Å². The second kappa shape index (κ2) is 7.18. The lowest BCUT2D eigenvalue weighted by Crippen LogP contribution is -2.29. The summed E-state index contributed by atoms with van der Waals surface area (Å²) in [6, 6.07) is 19.0. The third-order valence-electron chi connectivity index (χ3n) is 3.09. The fourth-order valence-electron chi connectivity index (χ4n) is 1.95. The zero-order valence-corrected chi connectivity index (χ0v) is 12.4.